The summed E-state index contributed by atoms with van der Waals surface area (Å²) < 4.78 is 20.4. The molecule has 1 N–H and O–H groups in total. The fourth-order valence-corrected chi connectivity index (χ4v) is 2.77. The van der Waals surface area contributed by atoms with E-state index in [-0.39, 0.29) is 0 Å². The van der Waals surface area contributed by atoms with E-state index in [1.54, 1.807) is 10.9 Å². The van der Waals surface area contributed by atoms with Crippen LogP contribution in [0.4, 0.5) is 4.39 Å². The van der Waals surface area contributed by atoms with Crippen LogP contribution in [-0.2, 0) is 0 Å². The highest BCUT2D eigenvalue weighted by Crippen LogP contribution is 2.24. The molecule has 1 amide bonds. The maximum Gasteiger partial charge on any atom is 0.271 e. The topological polar surface area (TPSA) is 72.4 Å². The molecule has 144 valence electrons. The highest BCUT2D eigenvalue weighted by atomic mass is 19.1. The van der Waals surface area contributed by atoms with Gasteiger partial charge in [0.2, 0.25) is 0 Å². The van der Waals surface area contributed by atoms with Gasteiger partial charge in [0, 0.05) is 17.3 Å². The molecule has 29 heavy (non-hydrogen) atoms. The summed E-state index contributed by atoms with van der Waals surface area (Å²) >= 11 is 0. The molecule has 0 saturated carbocycles. The zero-order chi connectivity index (χ0) is 20.2. The number of amides is 1. The first-order chi connectivity index (χ1) is 14.1. The van der Waals surface area contributed by atoms with Gasteiger partial charge in [-0.15, -0.1) is 0 Å². The second-order valence-corrected chi connectivity index (χ2v) is 6.33. The van der Waals surface area contributed by atoms with Crippen molar-refractivity contribution in [2.24, 2.45) is 5.10 Å². The Kier molecular flexibility index (Phi) is 5.03. The molecule has 0 aliphatic rings. The van der Waals surface area contributed by atoms with E-state index in [0.29, 0.717) is 22.6 Å². The van der Waals surface area contributed by atoms with Crippen LogP contribution in [-0.4, -0.2) is 21.9 Å². The molecular formula is C22H17FN4O2. The number of rotatable bonds is 5. The van der Waals surface area contributed by atoms with Crippen molar-refractivity contribution in [3.63, 3.8) is 0 Å². The van der Waals surface area contributed by atoms with Crippen LogP contribution >= 0.6 is 0 Å². The fourth-order valence-electron chi connectivity index (χ4n) is 2.77. The van der Waals surface area contributed by atoms with Gasteiger partial charge in [0.05, 0.1) is 11.9 Å². The number of hydrogen-bond acceptors (Lipinski definition) is 4. The van der Waals surface area contributed by atoms with Gasteiger partial charge in [0.1, 0.15) is 17.3 Å². The molecule has 0 spiro atoms. The Morgan fingerprint density at radius 1 is 1.10 bits per heavy atom. The van der Waals surface area contributed by atoms with Crippen molar-refractivity contribution < 1.29 is 13.6 Å². The number of hydrazone groups is 1. The van der Waals surface area contributed by atoms with Crippen molar-refractivity contribution in [3.8, 4) is 17.1 Å². The van der Waals surface area contributed by atoms with Crippen LogP contribution < -0.4 is 5.43 Å². The van der Waals surface area contributed by atoms with Crippen molar-refractivity contribution in [2.75, 3.05) is 0 Å². The number of hydrogen-bond donors (Lipinski definition) is 1. The van der Waals surface area contributed by atoms with E-state index in [1.807, 2.05) is 49.4 Å². The van der Waals surface area contributed by atoms with Crippen LogP contribution in [0.1, 0.15) is 21.7 Å². The third kappa shape index (κ3) is 4.14. The largest absolute Gasteiger partial charge is 0.460 e. The molecule has 0 bridgehead atoms. The highest BCUT2D eigenvalue weighted by molar-refractivity contribution is 5.95. The summed E-state index contributed by atoms with van der Waals surface area (Å²) in [5.41, 5.74) is 4.90. The van der Waals surface area contributed by atoms with Crippen LogP contribution in [0.3, 0.4) is 0 Å². The summed E-state index contributed by atoms with van der Waals surface area (Å²) in [5, 5.41) is 8.63. The number of aromatic nitrogens is 2. The summed E-state index contributed by atoms with van der Waals surface area (Å²) in [6.07, 6.45) is 3.30. The first-order valence-electron chi connectivity index (χ1n) is 8.91. The van der Waals surface area contributed by atoms with Crippen LogP contribution in [0.2, 0.25) is 0 Å². The number of para-hydroxylation sites is 1. The predicted molar refractivity (Wildman–Crippen MR) is 107 cm³/mol. The molecule has 7 heteroatoms. The minimum Gasteiger partial charge on any atom is -0.460 e. The van der Waals surface area contributed by atoms with Gasteiger partial charge in [0.25, 0.3) is 5.91 Å². The molecule has 2 heterocycles. The Morgan fingerprint density at radius 3 is 2.55 bits per heavy atom. The number of furan rings is 1. The minimum absolute atomic E-state index is 0.311. The monoisotopic (exact) mass is 388 g/mol. The van der Waals surface area contributed by atoms with Crippen molar-refractivity contribution in [1.82, 2.24) is 15.2 Å². The summed E-state index contributed by atoms with van der Waals surface area (Å²) in [4.78, 5) is 12.1. The standard InChI is InChI=1S/C22H17FN4O2/c1-15-7-12-20(29-15)21-17(14-27(26-21)19-5-3-2-4-6-19)13-24-25-22(28)16-8-10-18(23)11-9-16/h2-14H,1H3,(H,25,28)/b24-13-. The number of nitrogens with zero attached hydrogens (tertiary/aromatic N) is 3. The molecule has 0 unspecified atom stereocenters. The Morgan fingerprint density at radius 2 is 1.86 bits per heavy atom. The molecule has 6 nitrogen and oxygen atoms in total. The van der Waals surface area contributed by atoms with Gasteiger partial charge in [0.15, 0.2) is 5.76 Å². The zero-order valence-electron chi connectivity index (χ0n) is 15.5. The SMILES string of the molecule is Cc1ccc(-c2nn(-c3ccccc3)cc2/C=N\NC(=O)c2ccc(F)cc2)o1. The Hall–Kier alpha value is -4.00. The molecule has 0 aliphatic carbocycles. The molecule has 4 aromatic rings. The van der Waals surface area contributed by atoms with Crippen LogP contribution in [0.15, 0.2) is 82.4 Å². The van der Waals surface area contributed by atoms with Gasteiger partial charge >= 0.3 is 0 Å². The average Bonchev–Trinajstić information content (AvgIpc) is 3.35. The maximum atomic E-state index is 13.0. The summed E-state index contributed by atoms with van der Waals surface area (Å²) in [7, 11) is 0. The molecule has 0 atom stereocenters. The van der Waals surface area contributed by atoms with Crippen LogP contribution in [0.25, 0.3) is 17.1 Å². The second kappa shape index (κ2) is 7.93. The quantitative estimate of drug-likeness (QED) is 0.408. The van der Waals surface area contributed by atoms with Crippen molar-refractivity contribution in [1.29, 1.82) is 0 Å². The van der Waals surface area contributed by atoms with Gasteiger partial charge in [-0.05, 0) is 55.5 Å². The Labute approximate surface area is 166 Å². The molecule has 2 aromatic carbocycles. The van der Waals surface area contributed by atoms with E-state index in [4.69, 9.17) is 4.42 Å². The van der Waals surface area contributed by atoms with Crippen molar-refractivity contribution >= 4 is 12.1 Å². The lowest BCUT2D eigenvalue weighted by atomic mass is 10.2. The van der Waals surface area contributed by atoms with Crippen LogP contribution in [0, 0.1) is 12.7 Å². The fraction of sp³-hybridized carbons (Fsp3) is 0.0455. The predicted octanol–water partition coefficient (Wildman–Crippen LogP) is 4.34. The van der Waals surface area contributed by atoms with Gasteiger partial charge in [-0.1, -0.05) is 18.2 Å². The molecular weight excluding hydrogens is 371 g/mol. The number of carbonyl (C=O) groups excluding carboxylic acids is 1. The van der Waals surface area contributed by atoms with E-state index in [1.165, 1.54) is 30.5 Å². The molecule has 0 aliphatic heterocycles. The van der Waals surface area contributed by atoms with Crippen molar-refractivity contribution in [2.45, 2.75) is 6.92 Å². The first kappa shape index (κ1) is 18.4. The normalized spacial score (nSPS) is 11.1. The third-order valence-electron chi connectivity index (χ3n) is 4.21. The van der Waals surface area contributed by atoms with E-state index in [2.05, 4.69) is 15.6 Å². The number of halogens is 1. The smallest absolute Gasteiger partial charge is 0.271 e. The Bertz CT molecular complexity index is 1160. The molecule has 0 saturated heterocycles. The number of benzene rings is 2. The van der Waals surface area contributed by atoms with Gasteiger partial charge in [-0.2, -0.15) is 10.2 Å². The minimum atomic E-state index is -0.438. The summed E-state index contributed by atoms with van der Waals surface area (Å²) in [6, 6.07) is 18.6. The number of nitrogens with one attached hydrogen (secondary N) is 1. The van der Waals surface area contributed by atoms with E-state index in [0.717, 1.165) is 11.4 Å². The zero-order valence-corrected chi connectivity index (χ0v) is 15.5. The molecule has 2 aromatic heterocycles. The van der Waals surface area contributed by atoms with Crippen molar-refractivity contribution in [3.05, 3.63) is 95.6 Å². The first-order valence-corrected chi connectivity index (χ1v) is 8.91. The van der Waals surface area contributed by atoms with Gasteiger partial charge in [-0.25, -0.2) is 14.5 Å². The van der Waals surface area contributed by atoms with E-state index >= 15 is 0 Å². The average molecular weight is 388 g/mol. The molecule has 4 rings (SSSR count). The lowest BCUT2D eigenvalue weighted by Gasteiger charge is -1.99. The van der Waals surface area contributed by atoms with Gasteiger partial charge in [-0.3, -0.25) is 4.79 Å². The number of aryl methyl sites for hydroxylation is 1. The Balaban J connectivity index is 1.61. The lowest BCUT2D eigenvalue weighted by molar-refractivity contribution is 0.0955. The summed E-state index contributed by atoms with van der Waals surface area (Å²) in [5.74, 6) is 0.522. The highest BCUT2D eigenvalue weighted by Gasteiger charge is 2.14. The third-order valence-corrected chi connectivity index (χ3v) is 4.21. The molecule has 0 radical (unpaired) electrons. The lowest BCUT2D eigenvalue weighted by Crippen LogP contribution is -2.17. The maximum absolute atomic E-state index is 13.0. The van der Waals surface area contributed by atoms with E-state index in [9.17, 15) is 9.18 Å². The van der Waals surface area contributed by atoms with Crippen LogP contribution in [0.5, 0.6) is 0 Å². The molecule has 0 fully saturated rings. The second-order valence-electron chi connectivity index (χ2n) is 6.33. The number of carbonyl (C=O) groups is 1. The van der Waals surface area contributed by atoms with E-state index < -0.39 is 11.7 Å². The van der Waals surface area contributed by atoms with Gasteiger partial charge < -0.3 is 4.42 Å². The summed E-state index contributed by atoms with van der Waals surface area (Å²) in [6.45, 7) is 1.86.